The molecule has 2 aromatic carbocycles. The topological polar surface area (TPSA) is 61.1 Å². The Morgan fingerprint density at radius 2 is 1.81 bits per heavy atom. The quantitative estimate of drug-likeness (QED) is 0.518. The molecule has 0 N–H and O–H groups in total. The van der Waals surface area contributed by atoms with E-state index in [2.05, 4.69) is 4.90 Å². The van der Waals surface area contributed by atoms with E-state index in [1.54, 1.807) is 14.2 Å². The summed E-state index contributed by atoms with van der Waals surface area (Å²) in [6, 6.07) is 7.86. The van der Waals surface area contributed by atoms with Crippen LogP contribution in [0.3, 0.4) is 0 Å². The van der Waals surface area contributed by atoms with E-state index in [-0.39, 0.29) is 5.63 Å². The third-order valence-corrected chi connectivity index (χ3v) is 6.73. The van der Waals surface area contributed by atoms with Crippen LogP contribution in [-0.2, 0) is 25.8 Å². The second kappa shape index (κ2) is 8.68. The second-order valence-electron chi connectivity index (χ2n) is 8.36. The van der Waals surface area contributed by atoms with Gasteiger partial charge >= 0.3 is 5.63 Å². The monoisotopic (exact) mass is 455 g/mol. The number of halogens is 1. The van der Waals surface area contributed by atoms with Crippen LogP contribution in [0, 0.1) is 0 Å². The summed E-state index contributed by atoms with van der Waals surface area (Å²) in [4.78, 5) is 14.9. The Bertz CT molecular complexity index is 1240. The van der Waals surface area contributed by atoms with Gasteiger partial charge in [-0.05, 0) is 61.4 Å². The maximum Gasteiger partial charge on any atom is 0.339 e. The summed E-state index contributed by atoms with van der Waals surface area (Å²) in [5, 5.41) is 1.53. The van der Waals surface area contributed by atoms with Crippen molar-refractivity contribution in [2.24, 2.45) is 0 Å². The summed E-state index contributed by atoms with van der Waals surface area (Å²) in [6.45, 7) is 1.82. The van der Waals surface area contributed by atoms with Gasteiger partial charge in [0.2, 0.25) is 0 Å². The molecule has 0 saturated carbocycles. The Kier molecular flexibility index (Phi) is 5.74. The molecule has 0 unspecified atom stereocenters. The Balaban J connectivity index is 1.43. The molecule has 2 heterocycles. The molecule has 0 radical (unpaired) electrons. The smallest absolute Gasteiger partial charge is 0.339 e. The molecule has 0 amide bonds. The highest BCUT2D eigenvalue weighted by atomic mass is 35.5. The van der Waals surface area contributed by atoms with Gasteiger partial charge in [0.25, 0.3) is 0 Å². The fourth-order valence-electron chi connectivity index (χ4n) is 4.78. The second-order valence-corrected chi connectivity index (χ2v) is 8.77. The number of fused-ring (bicyclic) bond motifs is 5. The van der Waals surface area contributed by atoms with Crippen LogP contribution in [0.1, 0.15) is 35.1 Å². The molecule has 0 fully saturated rings. The molecular weight excluding hydrogens is 430 g/mol. The molecule has 1 aromatic heterocycles. The van der Waals surface area contributed by atoms with E-state index in [0.717, 1.165) is 72.0 Å². The van der Waals surface area contributed by atoms with Crippen LogP contribution in [0.15, 0.2) is 33.5 Å². The van der Waals surface area contributed by atoms with Gasteiger partial charge in [-0.1, -0.05) is 17.7 Å². The molecule has 0 atom stereocenters. The first-order valence-electron chi connectivity index (χ1n) is 10.9. The van der Waals surface area contributed by atoms with Crippen molar-refractivity contribution >= 4 is 22.6 Å². The van der Waals surface area contributed by atoms with Crippen molar-refractivity contribution in [2.45, 2.75) is 38.6 Å². The fourth-order valence-corrected chi connectivity index (χ4v) is 5.06. The van der Waals surface area contributed by atoms with Crippen molar-refractivity contribution in [3.63, 3.8) is 0 Å². The van der Waals surface area contributed by atoms with Crippen LogP contribution in [0.5, 0.6) is 17.2 Å². The van der Waals surface area contributed by atoms with Crippen molar-refractivity contribution < 1.29 is 18.6 Å². The zero-order valence-electron chi connectivity index (χ0n) is 18.3. The van der Waals surface area contributed by atoms with Crippen LogP contribution in [0.25, 0.3) is 11.0 Å². The molecule has 0 bridgehead atoms. The van der Waals surface area contributed by atoms with Gasteiger partial charge in [-0.2, -0.15) is 0 Å². The maximum absolute atomic E-state index is 12.7. The third-order valence-electron chi connectivity index (χ3n) is 6.45. The lowest BCUT2D eigenvalue weighted by molar-refractivity contribution is 0.0968. The molecule has 5 rings (SSSR count). The van der Waals surface area contributed by atoms with Crippen molar-refractivity contribution in [1.82, 2.24) is 4.90 Å². The Morgan fingerprint density at radius 1 is 1.03 bits per heavy atom. The zero-order chi connectivity index (χ0) is 22.2. The minimum Gasteiger partial charge on any atom is -0.493 e. The molecule has 6 nitrogen and oxygen atoms in total. The Morgan fingerprint density at radius 3 is 2.59 bits per heavy atom. The Labute approximate surface area is 191 Å². The summed E-state index contributed by atoms with van der Waals surface area (Å²) in [5.41, 5.74) is 4.29. The summed E-state index contributed by atoms with van der Waals surface area (Å²) < 4.78 is 22.6. The van der Waals surface area contributed by atoms with E-state index >= 15 is 0 Å². The third kappa shape index (κ3) is 3.71. The van der Waals surface area contributed by atoms with Crippen molar-refractivity contribution in [3.05, 3.63) is 62.0 Å². The van der Waals surface area contributed by atoms with Gasteiger partial charge in [-0.3, -0.25) is 4.90 Å². The highest BCUT2D eigenvalue weighted by molar-refractivity contribution is 6.33. The van der Waals surface area contributed by atoms with Gasteiger partial charge in [-0.15, -0.1) is 0 Å². The molecule has 32 heavy (non-hydrogen) atoms. The number of methoxy groups -OCH3 is 2. The van der Waals surface area contributed by atoms with Crippen molar-refractivity contribution in [1.29, 1.82) is 0 Å². The predicted octanol–water partition coefficient (Wildman–Crippen LogP) is 4.74. The number of hydrogen-bond acceptors (Lipinski definition) is 6. The highest BCUT2D eigenvalue weighted by Crippen LogP contribution is 2.41. The first-order chi connectivity index (χ1) is 15.6. The van der Waals surface area contributed by atoms with Crippen LogP contribution in [0.4, 0.5) is 0 Å². The summed E-state index contributed by atoms with van der Waals surface area (Å²) in [7, 11) is 3.27. The number of benzene rings is 2. The minimum atomic E-state index is -0.223. The number of ether oxygens (including phenoxy) is 3. The van der Waals surface area contributed by atoms with Gasteiger partial charge in [0, 0.05) is 24.0 Å². The first kappa shape index (κ1) is 21.2. The summed E-state index contributed by atoms with van der Waals surface area (Å²) >= 11 is 6.60. The zero-order valence-corrected chi connectivity index (χ0v) is 19.1. The van der Waals surface area contributed by atoms with E-state index in [1.807, 2.05) is 24.3 Å². The number of hydrogen-bond donors (Lipinski definition) is 0. The van der Waals surface area contributed by atoms with Crippen LogP contribution in [0.2, 0.25) is 5.02 Å². The lowest BCUT2D eigenvalue weighted by Crippen LogP contribution is -2.34. The van der Waals surface area contributed by atoms with Crippen LogP contribution in [-0.4, -0.2) is 32.4 Å². The van der Waals surface area contributed by atoms with Gasteiger partial charge < -0.3 is 18.6 Å². The summed E-state index contributed by atoms with van der Waals surface area (Å²) in [5.74, 6) is 2.06. The minimum absolute atomic E-state index is 0.223. The number of nitrogens with zero attached hydrogens (tertiary/aromatic N) is 1. The van der Waals surface area contributed by atoms with Gasteiger partial charge in [0.05, 0.1) is 24.8 Å². The highest BCUT2D eigenvalue weighted by Gasteiger charge is 2.27. The fraction of sp³-hybridized carbons (Fsp3) is 0.400. The SMILES string of the molecule is COc1ccc(CCN2COc3c(Cl)cc4c5c(c(=O)oc4c3C2)CCCC5)cc1OC. The van der Waals surface area contributed by atoms with E-state index in [0.29, 0.717) is 35.4 Å². The standard InChI is InChI=1S/C25H26ClNO5/c1-29-21-8-7-15(11-22(21)30-2)9-10-27-13-19-23-18(12-20(26)24(19)31-14-27)16-5-3-4-6-17(16)25(28)32-23/h7-8,11-12H,3-6,9-10,13-14H2,1-2H3. The first-order valence-corrected chi connectivity index (χ1v) is 11.3. The molecule has 1 aliphatic heterocycles. The van der Waals surface area contributed by atoms with Gasteiger partial charge in [-0.25, -0.2) is 4.79 Å². The average Bonchev–Trinajstić information content (AvgIpc) is 2.83. The molecule has 168 valence electrons. The number of aryl methyl sites for hydroxylation is 1. The van der Waals surface area contributed by atoms with Gasteiger partial charge in [0.1, 0.15) is 18.1 Å². The van der Waals surface area contributed by atoms with E-state index in [4.69, 9.17) is 30.2 Å². The molecule has 3 aromatic rings. The molecule has 0 spiro atoms. The molecule has 1 aliphatic carbocycles. The van der Waals surface area contributed by atoms with Crippen LogP contribution >= 0.6 is 11.6 Å². The normalized spacial score (nSPS) is 15.7. The molecule has 2 aliphatic rings. The van der Waals surface area contributed by atoms with E-state index < -0.39 is 0 Å². The van der Waals surface area contributed by atoms with Crippen molar-refractivity contribution in [2.75, 3.05) is 27.5 Å². The maximum atomic E-state index is 12.7. The lowest BCUT2D eigenvalue weighted by Gasteiger charge is -2.30. The average molecular weight is 456 g/mol. The molecule has 7 heteroatoms. The Hall–Kier alpha value is -2.70. The van der Waals surface area contributed by atoms with Crippen LogP contribution < -0.4 is 19.8 Å². The van der Waals surface area contributed by atoms with E-state index in [1.165, 1.54) is 0 Å². The number of rotatable bonds is 5. The predicted molar refractivity (Wildman–Crippen MR) is 123 cm³/mol. The molecular formula is C25H26ClNO5. The van der Waals surface area contributed by atoms with Crippen molar-refractivity contribution in [3.8, 4) is 17.2 Å². The van der Waals surface area contributed by atoms with E-state index in [9.17, 15) is 4.79 Å². The lowest BCUT2D eigenvalue weighted by atomic mass is 9.90. The summed E-state index contributed by atoms with van der Waals surface area (Å²) in [6.07, 6.45) is 4.58. The largest absolute Gasteiger partial charge is 0.493 e. The van der Waals surface area contributed by atoms with Gasteiger partial charge in [0.15, 0.2) is 11.5 Å². The molecule has 0 saturated heterocycles.